The lowest BCUT2D eigenvalue weighted by Crippen LogP contribution is -2.27. The average Bonchev–Trinajstić information content (AvgIpc) is 2.50. The molecule has 0 spiro atoms. The number of hydrogen-bond acceptors (Lipinski definition) is 3. The van der Waals surface area contributed by atoms with Crippen LogP contribution in [0.25, 0.3) is 0 Å². The molecule has 24 heavy (non-hydrogen) atoms. The van der Waals surface area contributed by atoms with E-state index < -0.39 is 21.6 Å². The molecule has 0 heterocycles. The van der Waals surface area contributed by atoms with Gasteiger partial charge in [-0.05, 0) is 25.1 Å². The minimum absolute atomic E-state index is 0.0367. The molecule has 1 N–H and O–H groups in total. The Labute approximate surface area is 154 Å². The second-order valence-corrected chi connectivity index (χ2v) is 8.10. The maximum absolute atomic E-state index is 12.7. The number of nitrogens with zero attached hydrogens (tertiary/aromatic N) is 1. The summed E-state index contributed by atoms with van der Waals surface area (Å²) in [6.07, 6.45) is 0. The topological polar surface area (TPSA) is 74.7 Å². The van der Waals surface area contributed by atoms with Gasteiger partial charge in [0.05, 0.1) is 25.7 Å². The second-order valence-electron chi connectivity index (χ2n) is 4.97. The smallest absolute Gasteiger partial charge is 0.338 e. The average molecular weight is 409 g/mol. The van der Waals surface area contributed by atoms with Gasteiger partial charge in [-0.25, -0.2) is 13.2 Å². The molecule has 0 radical (unpaired) electrons. The Balaban J connectivity index is 2.63. The zero-order chi connectivity index (χ0) is 18.2. The lowest BCUT2D eigenvalue weighted by molar-refractivity contribution is 0.0697. The van der Waals surface area contributed by atoms with Gasteiger partial charge >= 0.3 is 5.97 Å². The summed E-state index contributed by atoms with van der Waals surface area (Å²) in [7, 11) is -2.69. The summed E-state index contributed by atoms with van der Waals surface area (Å²) in [4.78, 5) is 11.4. The van der Waals surface area contributed by atoms with Gasteiger partial charge in [-0.15, -0.1) is 0 Å². The summed E-state index contributed by atoms with van der Waals surface area (Å²) in [6, 6.07) is 7.42. The van der Waals surface area contributed by atoms with Crippen molar-refractivity contribution in [2.24, 2.45) is 0 Å². The standard InChI is InChI=1S/C15H12Cl3NO4S/c1-8-3-5-9(6-4-8)24(22,23)19(2)11-7-10(16)13(17)12(14(11)18)15(20)21/h3-7H,1-2H3,(H,20,21). The molecule has 0 aliphatic rings. The van der Waals surface area contributed by atoms with E-state index in [-0.39, 0.29) is 25.7 Å². The number of sulfonamides is 1. The van der Waals surface area contributed by atoms with Crippen molar-refractivity contribution in [1.29, 1.82) is 0 Å². The molecule has 2 aromatic carbocycles. The molecular formula is C15H12Cl3NO4S. The predicted molar refractivity (Wildman–Crippen MR) is 95.2 cm³/mol. The van der Waals surface area contributed by atoms with Crippen LogP contribution in [0.1, 0.15) is 15.9 Å². The van der Waals surface area contributed by atoms with Crippen molar-refractivity contribution in [3.05, 3.63) is 56.5 Å². The van der Waals surface area contributed by atoms with E-state index in [2.05, 4.69) is 0 Å². The molecule has 0 unspecified atom stereocenters. The predicted octanol–water partition coefficient (Wildman–Crippen LogP) is 4.48. The summed E-state index contributed by atoms with van der Waals surface area (Å²) in [6.45, 7) is 1.83. The van der Waals surface area contributed by atoms with Crippen LogP contribution in [0.3, 0.4) is 0 Å². The third-order valence-electron chi connectivity index (χ3n) is 3.37. The highest BCUT2D eigenvalue weighted by atomic mass is 35.5. The summed E-state index contributed by atoms with van der Waals surface area (Å²) in [5, 5.41) is 8.56. The molecule has 2 aromatic rings. The fourth-order valence-corrected chi connectivity index (χ4v) is 4.09. The molecule has 2 rings (SSSR count). The highest BCUT2D eigenvalue weighted by Crippen LogP contribution is 2.40. The molecule has 0 amide bonds. The Morgan fingerprint density at radius 3 is 2.12 bits per heavy atom. The molecule has 0 fully saturated rings. The Kier molecular flexibility index (Phi) is 5.34. The number of aromatic carboxylic acids is 1. The van der Waals surface area contributed by atoms with Crippen molar-refractivity contribution in [1.82, 2.24) is 0 Å². The van der Waals surface area contributed by atoms with Gasteiger partial charge in [-0.3, -0.25) is 4.31 Å². The number of hydrogen-bond donors (Lipinski definition) is 1. The number of halogens is 3. The van der Waals surface area contributed by atoms with Gasteiger partial charge in [-0.2, -0.15) is 0 Å². The fourth-order valence-electron chi connectivity index (χ4n) is 2.01. The maximum atomic E-state index is 12.7. The summed E-state index contributed by atoms with van der Waals surface area (Å²) < 4.78 is 26.3. The van der Waals surface area contributed by atoms with E-state index in [1.165, 1.54) is 25.2 Å². The first-order valence-electron chi connectivity index (χ1n) is 6.53. The number of carboxylic acid groups (broad SMARTS) is 1. The highest BCUT2D eigenvalue weighted by Gasteiger charge is 2.28. The zero-order valence-electron chi connectivity index (χ0n) is 12.5. The molecule has 0 aromatic heterocycles. The Hall–Kier alpha value is -1.47. The van der Waals surface area contributed by atoms with Crippen LogP contribution in [-0.2, 0) is 10.0 Å². The van der Waals surface area contributed by atoms with E-state index in [1.807, 2.05) is 6.92 Å². The van der Waals surface area contributed by atoms with Gasteiger partial charge in [0.2, 0.25) is 0 Å². The van der Waals surface area contributed by atoms with Crippen molar-refractivity contribution in [3.8, 4) is 0 Å². The van der Waals surface area contributed by atoms with E-state index in [0.717, 1.165) is 9.87 Å². The third kappa shape index (κ3) is 3.32. The van der Waals surface area contributed by atoms with Crippen LogP contribution in [0.2, 0.25) is 15.1 Å². The number of carboxylic acids is 1. The van der Waals surface area contributed by atoms with Crippen LogP contribution in [0, 0.1) is 6.92 Å². The quantitative estimate of drug-likeness (QED) is 0.757. The van der Waals surface area contributed by atoms with E-state index >= 15 is 0 Å². The van der Waals surface area contributed by atoms with Crippen molar-refractivity contribution in [2.75, 3.05) is 11.4 Å². The van der Waals surface area contributed by atoms with Crippen LogP contribution < -0.4 is 4.31 Å². The SMILES string of the molecule is Cc1ccc(S(=O)(=O)N(C)c2cc(Cl)c(Cl)c(C(=O)O)c2Cl)cc1. The van der Waals surface area contributed by atoms with Crippen LogP contribution in [0.4, 0.5) is 5.69 Å². The molecule has 5 nitrogen and oxygen atoms in total. The first kappa shape index (κ1) is 18.9. The van der Waals surface area contributed by atoms with Gasteiger partial charge in [0, 0.05) is 7.05 Å². The van der Waals surface area contributed by atoms with Crippen LogP contribution in [0.15, 0.2) is 35.2 Å². The van der Waals surface area contributed by atoms with E-state index in [1.54, 1.807) is 12.1 Å². The molecule has 0 saturated heterocycles. The monoisotopic (exact) mass is 407 g/mol. The Bertz CT molecular complexity index is 911. The van der Waals surface area contributed by atoms with Crippen molar-refractivity contribution >= 4 is 56.5 Å². The number of rotatable bonds is 4. The van der Waals surface area contributed by atoms with Gasteiger partial charge < -0.3 is 5.11 Å². The molecule has 0 bridgehead atoms. The number of anilines is 1. The molecule has 0 aliphatic heterocycles. The number of carbonyl (C=O) groups is 1. The Morgan fingerprint density at radius 1 is 1.08 bits per heavy atom. The first-order chi connectivity index (χ1) is 11.1. The van der Waals surface area contributed by atoms with Gasteiger partial charge in [-0.1, -0.05) is 52.5 Å². The number of aryl methyl sites for hydroxylation is 1. The maximum Gasteiger partial charge on any atom is 0.338 e. The summed E-state index contributed by atoms with van der Waals surface area (Å²) >= 11 is 17.8. The minimum Gasteiger partial charge on any atom is -0.478 e. The van der Waals surface area contributed by atoms with Crippen LogP contribution in [-0.4, -0.2) is 26.5 Å². The van der Waals surface area contributed by atoms with E-state index in [0.29, 0.717) is 0 Å². The second kappa shape index (κ2) is 6.80. The van der Waals surface area contributed by atoms with Gasteiger partial charge in [0.25, 0.3) is 10.0 Å². The first-order valence-corrected chi connectivity index (χ1v) is 9.11. The normalized spacial score (nSPS) is 11.4. The van der Waals surface area contributed by atoms with Gasteiger partial charge in [0.15, 0.2) is 0 Å². The molecule has 0 aliphatic carbocycles. The molecular weight excluding hydrogens is 397 g/mol. The molecule has 0 saturated carbocycles. The van der Waals surface area contributed by atoms with Crippen molar-refractivity contribution in [2.45, 2.75) is 11.8 Å². The minimum atomic E-state index is -3.95. The summed E-state index contributed by atoms with van der Waals surface area (Å²) in [5.41, 5.74) is 0.369. The third-order valence-corrected chi connectivity index (χ3v) is 6.33. The van der Waals surface area contributed by atoms with E-state index in [9.17, 15) is 18.3 Å². The highest BCUT2D eigenvalue weighted by molar-refractivity contribution is 7.92. The van der Waals surface area contributed by atoms with Crippen LogP contribution in [0.5, 0.6) is 0 Å². The largest absolute Gasteiger partial charge is 0.478 e. The van der Waals surface area contributed by atoms with Crippen molar-refractivity contribution in [3.63, 3.8) is 0 Å². The Morgan fingerprint density at radius 2 is 1.62 bits per heavy atom. The lowest BCUT2D eigenvalue weighted by Gasteiger charge is -2.22. The molecule has 0 atom stereocenters. The molecule has 128 valence electrons. The molecule has 9 heteroatoms. The number of benzene rings is 2. The van der Waals surface area contributed by atoms with Crippen LogP contribution >= 0.6 is 34.8 Å². The van der Waals surface area contributed by atoms with Crippen molar-refractivity contribution < 1.29 is 18.3 Å². The summed E-state index contributed by atoms with van der Waals surface area (Å²) in [5.74, 6) is -1.41. The van der Waals surface area contributed by atoms with Gasteiger partial charge in [0.1, 0.15) is 5.56 Å². The zero-order valence-corrected chi connectivity index (χ0v) is 15.6. The fraction of sp³-hybridized carbons (Fsp3) is 0.133. The lowest BCUT2D eigenvalue weighted by atomic mass is 10.2. The van der Waals surface area contributed by atoms with E-state index in [4.69, 9.17) is 34.8 Å².